The van der Waals surface area contributed by atoms with E-state index >= 15 is 0 Å². The van der Waals surface area contributed by atoms with E-state index in [1.165, 1.54) is 10.6 Å². The number of carboxylic acid groups (broad SMARTS) is 1. The average molecular weight is 300 g/mol. The van der Waals surface area contributed by atoms with Crippen molar-refractivity contribution in [3.8, 4) is 0 Å². The Balaban J connectivity index is 1.96. The molecule has 108 valence electrons. The molecule has 2 aromatic rings. The molecule has 0 fully saturated rings. The zero-order chi connectivity index (χ0) is 15.0. The van der Waals surface area contributed by atoms with E-state index < -0.39 is 12.0 Å². The van der Waals surface area contributed by atoms with Crippen molar-refractivity contribution in [2.75, 3.05) is 11.9 Å². The van der Waals surface area contributed by atoms with Crippen molar-refractivity contribution in [3.63, 3.8) is 0 Å². The Kier molecular flexibility index (Phi) is 3.61. The minimum Gasteiger partial charge on any atom is -0.481 e. The summed E-state index contributed by atoms with van der Waals surface area (Å²) < 4.78 is 0. The predicted octanol–water partition coefficient (Wildman–Crippen LogP) is 3.39. The lowest BCUT2D eigenvalue weighted by Gasteiger charge is -2.30. The first-order valence-corrected chi connectivity index (χ1v) is 7.50. The lowest BCUT2D eigenvalue weighted by molar-refractivity contribution is -0.137. The maximum absolute atomic E-state index is 10.8. The van der Waals surface area contributed by atoms with Gasteiger partial charge in [0.05, 0.1) is 17.8 Å². The Labute approximate surface area is 127 Å². The first-order valence-electron chi connectivity index (χ1n) is 6.68. The molecule has 1 heterocycles. The molecule has 3 rings (SSSR count). The summed E-state index contributed by atoms with van der Waals surface area (Å²) in [5, 5.41) is 8.86. The van der Waals surface area contributed by atoms with Crippen molar-refractivity contribution in [2.45, 2.75) is 22.3 Å². The molecule has 0 saturated heterocycles. The quantitative estimate of drug-likeness (QED) is 0.909. The predicted molar refractivity (Wildman–Crippen MR) is 84.3 cm³/mol. The van der Waals surface area contributed by atoms with Crippen molar-refractivity contribution in [1.29, 1.82) is 0 Å². The normalized spacial score (nSPS) is 14.3. The fourth-order valence-corrected chi connectivity index (χ4v) is 3.69. The lowest BCUT2D eigenvalue weighted by atomic mass is 10.0. The van der Waals surface area contributed by atoms with Crippen LogP contribution in [0.4, 0.5) is 11.4 Å². The molecule has 0 saturated carbocycles. The first kappa shape index (κ1) is 14.0. The fourth-order valence-electron chi connectivity index (χ4n) is 2.49. The van der Waals surface area contributed by atoms with Gasteiger partial charge in [-0.25, -0.2) is 0 Å². The second kappa shape index (κ2) is 5.42. The summed E-state index contributed by atoms with van der Waals surface area (Å²) in [5.41, 5.74) is 9.11. The van der Waals surface area contributed by atoms with Crippen LogP contribution in [0.2, 0.25) is 0 Å². The Morgan fingerprint density at radius 3 is 2.71 bits per heavy atom. The summed E-state index contributed by atoms with van der Waals surface area (Å²) >= 11 is 1.69. The highest BCUT2D eigenvalue weighted by molar-refractivity contribution is 7.99. The third kappa shape index (κ3) is 2.62. The molecule has 1 atom stereocenters. The summed E-state index contributed by atoms with van der Waals surface area (Å²) in [4.78, 5) is 15.2. The molecule has 2 aromatic carbocycles. The molecule has 5 heteroatoms. The molecule has 1 aliphatic rings. The Hall–Kier alpha value is -1.98. The van der Waals surface area contributed by atoms with Gasteiger partial charge in [0.2, 0.25) is 0 Å². The number of carboxylic acids is 1. The van der Waals surface area contributed by atoms with Gasteiger partial charge in [0.15, 0.2) is 0 Å². The minimum absolute atomic E-state index is 0.0596. The van der Waals surface area contributed by atoms with Gasteiger partial charge in [0, 0.05) is 22.9 Å². The third-order valence-corrected chi connectivity index (χ3v) is 4.73. The summed E-state index contributed by atoms with van der Waals surface area (Å²) in [7, 11) is 2.04. The molecule has 3 N–H and O–H groups in total. The van der Waals surface area contributed by atoms with Crippen LogP contribution in [0.15, 0.2) is 52.3 Å². The Morgan fingerprint density at radius 2 is 1.95 bits per heavy atom. The zero-order valence-corrected chi connectivity index (χ0v) is 12.4. The van der Waals surface area contributed by atoms with E-state index in [9.17, 15) is 4.79 Å². The van der Waals surface area contributed by atoms with Crippen LogP contribution in [0.5, 0.6) is 0 Å². The molecule has 0 bridgehead atoms. The van der Waals surface area contributed by atoms with Gasteiger partial charge in [-0.3, -0.25) is 4.79 Å². The van der Waals surface area contributed by atoms with Gasteiger partial charge in [-0.05, 0) is 29.8 Å². The highest BCUT2D eigenvalue weighted by Gasteiger charge is 2.21. The molecule has 0 radical (unpaired) electrons. The molecule has 21 heavy (non-hydrogen) atoms. The summed E-state index contributed by atoms with van der Waals surface area (Å²) in [6.07, 6.45) is -0.0596. The molecule has 1 unspecified atom stereocenters. The number of carbonyl (C=O) groups is 1. The monoisotopic (exact) mass is 300 g/mol. The van der Waals surface area contributed by atoms with Crippen molar-refractivity contribution in [1.82, 2.24) is 0 Å². The fraction of sp³-hybridized carbons (Fsp3) is 0.188. The molecule has 4 nitrogen and oxygen atoms in total. The minimum atomic E-state index is -0.879. The smallest absolute Gasteiger partial charge is 0.305 e. The van der Waals surface area contributed by atoms with Crippen molar-refractivity contribution in [3.05, 3.63) is 48.0 Å². The largest absolute Gasteiger partial charge is 0.481 e. The van der Waals surface area contributed by atoms with Gasteiger partial charge < -0.3 is 15.7 Å². The molecular weight excluding hydrogens is 284 g/mol. The topological polar surface area (TPSA) is 66.6 Å². The number of benzene rings is 2. The molecule has 1 aliphatic heterocycles. The molecule has 0 spiro atoms. The van der Waals surface area contributed by atoms with E-state index in [0.717, 1.165) is 16.1 Å². The lowest BCUT2D eigenvalue weighted by Crippen LogP contribution is -2.17. The maximum Gasteiger partial charge on any atom is 0.305 e. The zero-order valence-electron chi connectivity index (χ0n) is 11.6. The Bertz CT molecular complexity index is 702. The van der Waals surface area contributed by atoms with Crippen molar-refractivity contribution in [2.24, 2.45) is 5.73 Å². The second-order valence-corrected chi connectivity index (χ2v) is 6.14. The van der Waals surface area contributed by atoms with Crippen LogP contribution < -0.4 is 10.6 Å². The van der Waals surface area contributed by atoms with Crippen LogP contribution in [-0.2, 0) is 4.79 Å². The number of hydrogen-bond acceptors (Lipinski definition) is 4. The second-order valence-electron chi connectivity index (χ2n) is 5.06. The van der Waals surface area contributed by atoms with E-state index in [4.69, 9.17) is 10.8 Å². The van der Waals surface area contributed by atoms with E-state index in [-0.39, 0.29) is 6.42 Å². The highest BCUT2D eigenvalue weighted by Crippen LogP contribution is 2.47. The average Bonchev–Trinajstić information content (AvgIpc) is 2.46. The van der Waals surface area contributed by atoms with Gasteiger partial charge >= 0.3 is 5.97 Å². The third-order valence-electron chi connectivity index (χ3n) is 3.61. The van der Waals surface area contributed by atoms with E-state index in [2.05, 4.69) is 17.0 Å². The van der Waals surface area contributed by atoms with Crippen molar-refractivity contribution < 1.29 is 9.90 Å². The van der Waals surface area contributed by atoms with Gasteiger partial charge in [-0.1, -0.05) is 30.0 Å². The number of anilines is 2. The standard InChI is InChI=1S/C16H16N2O2S/c1-18-12-4-2-3-5-14(12)21-15-8-10(6-7-13(15)18)11(17)9-16(19)20/h2-8,11H,9,17H2,1H3,(H,19,20). The van der Waals surface area contributed by atoms with E-state index in [0.29, 0.717) is 0 Å². The number of hydrogen-bond donors (Lipinski definition) is 2. The summed E-state index contributed by atoms with van der Waals surface area (Å²) in [5.74, 6) is -0.879. The van der Waals surface area contributed by atoms with Crippen LogP contribution in [0.25, 0.3) is 0 Å². The van der Waals surface area contributed by atoms with Gasteiger partial charge in [0.1, 0.15) is 0 Å². The molecule has 0 aromatic heterocycles. The molecule has 0 aliphatic carbocycles. The SMILES string of the molecule is CN1c2ccccc2Sc2cc(C(N)CC(=O)O)ccc21. The van der Waals surface area contributed by atoms with Crippen LogP contribution in [0.1, 0.15) is 18.0 Å². The summed E-state index contributed by atoms with van der Waals surface area (Å²) in [6.45, 7) is 0. The molecular formula is C16H16N2O2S. The number of aliphatic carboxylic acids is 1. The van der Waals surface area contributed by atoms with Crippen molar-refractivity contribution >= 4 is 29.1 Å². The van der Waals surface area contributed by atoms with Crippen LogP contribution in [0, 0.1) is 0 Å². The van der Waals surface area contributed by atoms with Crippen LogP contribution in [0.3, 0.4) is 0 Å². The van der Waals surface area contributed by atoms with Crippen LogP contribution >= 0.6 is 11.8 Å². The number of para-hydroxylation sites is 1. The molecule has 0 amide bonds. The highest BCUT2D eigenvalue weighted by atomic mass is 32.2. The van der Waals surface area contributed by atoms with E-state index in [1.54, 1.807) is 11.8 Å². The number of fused-ring (bicyclic) bond motifs is 2. The maximum atomic E-state index is 10.8. The van der Waals surface area contributed by atoms with Crippen LogP contribution in [-0.4, -0.2) is 18.1 Å². The Morgan fingerprint density at radius 1 is 1.24 bits per heavy atom. The summed E-state index contributed by atoms with van der Waals surface area (Å²) in [6, 6.07) is 13.7. The van der Waals surface area contributed by atoms with Gasteiger partial charge in [-0.15, -0.1) is 0 Å². The van der Waals surface area contributed by atoms with E-state index in [1.807, 2.05) is 37.4 Å². The first-order chi connectivity index (χ1) is 10.1. The number of nitrogens with two attached hydrogens (primary N) is 1. The number of nitrogens with zero attached hydrogens (tertiary/aromatic N) is 1. The number of rotatable bonds is 3. The van der Waals surface area contributed by atoms with Gasteiger partial charge in [0.25, 0.3) is 0 Å². The van der Waals surface area contributed by atoms with Gasteiger partial charge in [-0.2, -0.15) is 0 Å².